The third kappa shape index (κ3) is 6.05. The smallest absolute Gasteiger partial charge is 0.0517 e. The van der Waals surface area contributed by atoms with E-state index in [9.17, 15) is 0 Å². The van der Waals surface area contributed by atoms with Crippen LogP contribution in [0.25, 0.3) is 0 Å². The quantitative estimate of drug-likeness (QED) is 0.571. The highest BCUT2D eigenvalue weighted by Crippen LogP contribution is 2.03. The van der Waals surface area contributed by atoms with E-state index in [1.54, 1.807) is 0 Å². The Morgan fingerprint density at radius 2 is 2.00 bits per heavy atom. The third-order valence-electron chi connectivity index (χ3n) is 1.80. The van der Waals surface area contributed by atoms with Crippen molar-refractivity contribution in [2.75, 3.05) is 6.54 Å². The Balaban J connectivity index is 3.03. The van der Waals surface area contributed by atoms with Crippen LogP contribution in [-0.4, -0.2) is 12.7 Å². The van der Waals surface area contributed by atoms with Crippen LogP contribution in [0.5, 0.6) is 0 Å². The molecule has 0 aliphatic rings. The van der Waals surface area contributed by atoms with E-state index in [0.29, 0.717) is 0 Å². The first-order chi connectivity index (χ1) is 4.66. The number of hydrogen-bond donors (Lipinski definition) is 2. The summed E-state index contributed by atoms with van der Waals surface area (Å²) in [4.78, 5) is 0. The van der Waals surface area contributed by atoms with Crippen molar-refractivity contribution in [3.05, 3.63) is 0 Å². The maximum atomic E-state index is 5.51. The standard InChI is InChI=1S/C8H20N2/c1-4-7(2)5-6-10-8(3)9/h7-8,10H,4-6,9H2,1-3H3/t7-,8-/m0/s1. The van der Waals surface area contributed by atoms with Gasteiger partial charge in [-0.3, -0.25) is 0 Å². The molecule has 0 bridgehead atoms. The van der Waals surface area contributed by atoms with Gasteiger partial charge in [0.2, 0.25) is 0 Å². The minimum atomic E-state index is 0.143. The number of hydrogen-bond acceptors (Lipinski definition) is 2. The van der Waals surface area contributed by atoms with Gasteiger partial charge >= 0.3 is 0 Å². The summed E-state index contributed by atoms with van der Waals surface area (Å²) >= 11 is 0. The van der Waals surface area contributed by atoms with E-state index in [-0.39, 0.29) is 6.17 Å². The second-order valence-electron chi connectivity index (χ2n) is 3.04. The number of nitrogens with two attached hydrogens (primary N) is 1. The molecule has 62 valence electrons. The summed E-state index contributed by atoms with van der Waals surface area (Å²) in [6.45, 7) is 7.50. The van der Waals surface area contributed by atoms with E-state index in [4.69, 9.17) is 5.73 Å². The predicted molar refractivity (Wildman–Crippen MR) is 45.7 cm³/mol. The molecule has 0 spiro atoms. The van der Waals surface area contributed by atoms with E-state index in [0.717, 1.165) is 12.5 Å². The van der Waals surface area contributed by atoms with E-state index in [2.05, 4.69) is 19.2 Å². The molecule has 2 heteroatoms. The summed E-state index contributed by atoms with van der Waals surface area (Å²) < 4.78 is 0. The van der Waals surface area contributed by atoms with E-state index in [1.807, 2.05) is 6.92 Å². The molecule has 2 nitrogen and oxygen atoms in total. The molecule has 0 saturated heterocycles. The lowest BCUT2D eigenvalue weighted by atomic mass is 10.1. The molecule has 0 aliphatic carbocycles. The van der Waals surface area contributed by atoms with Crippen LogP contribution in [0.1, 0.15) is 33.6 Å². The molecular formula is C8H20N2. The summed E-state index contributed by atoms with van der Waals surface area (Å²) in [7, 11) is 0. The van der Waals surface area contributed by atoms with Crippen LogP contribution in [-0.2, 0) is 0 Å². The Bertz CT molecular complexity index is 71.7. The number of nitrogens with one attached hydrogen (secondary N) is 1. The van der Waals surface area contributed by atoms with Gasteiger partial charge in [-0.1, -0.05) is 20.3 Å². The van der Waals surface area contributed by atoms with Crippen LogP contribution < -0.4 is 11.1 Å². The molecule has 0 aromatic carbocycles. The maximum Gasteiger partial charge on any atom is 0.0517 e. The van der Waals surface area contributed by atoms with Gasteiger partial charge in [0.1, 0.15) is 0 Å². The largest absolute Gasteiger partial charge is 0.316 e. The summed E-state index contributed by atoms with van der Waals surface area (Å²) in [5.74, 6) is 0.825. The average molecular weight is 144 g/mol. The van der Waals surface area contributed by atoms with Gasteiger partial charge in [0, 0.05) is 0 Å². The molecular weight excluding hydrogens is 124 g/mol. The zero-order chi connectivity index (χ0) is 7.98. The fraction of sp³-hybridized carbons (Fsp3) is 1.00. The molecule has 0 fully saturated rings. The van der Waals surface area contributed by atoms with Gasteiger partial charge in [0.15, 0.2) is 0 Å². The van der Waals surface area contributed by atoms with Crippen LogP contribution in [0.3, 0.4) is 0 Å². The fourth-order valence-corrected chi connectivity index (χ4v) is 0.762. The van der Waals surface area contributed by atoms with Gasteiger partial charge in [0.25, 0.3) is 0 Å². The van der Waals surface area contributed by atoms with Crippen LogP contribution in [0, 0.1) is 5.92 Å². The maximum absolute atomic E-state index is 5.51. The van der Waals surface area contributed by atoms with Gasteiger partial charge in [0.05, 0.1) is 6.17 Å². The normalized spacial score (nSPS) is 16.8. The molecule has 2 atom stereocenters. The Morgan fingerprint density at radius 1 is 1.40 bits per heavy atom. The first-order valence-corrected chi connectivity index (χ1v) is 4.15. The Morgan fingerprint density at radius 3 is 2.40 bits per heavy atom. The topological polar surface area (TPSA) is 38.0 Å². The van der Waals surface area contributed by atoms with Crippen molar-refractivity contribution in [2.45, 2.75) is 39.8 Å². The molecule has 0 aromatic heterocycles. The van der Waals surface area contributed by atoms with E-state index in [1.165, 1.54) is 12.8 Å². The zero-order valence-corrected chi connectivity index (χ0v) is 7.35. The van der Waals surface area contributed by atoms with Crippen molar-refractivity contribution >= 4 is 0 Å². The van der Waals surface area contributed by atoms with Gasteiger partial charge < -0.3 is 11.1 Å². The Labute approximate surface area is 64.2 Å². The molecule has 0 saturated carbocycles. The van der Waals surface area contributed by atoms with Crippen LogP contribution in [0.2, 0.25) is 0 Å². The van der Waals surface area contributed by atoms with Crippen molar-refractivity contribution in [3.8, 4) is 0 Å². The molecule has 0 radical (unpaired) electrons. The highest BCUT2D eigenvalue weighted by Gasteiger charge is 1.97. The molecule has 0 aromatic rings. The van der Waals surface area contributed by atoms with E-state index < -0.39 is 0 Å². The minimum absolute atomic E-state index is 0.143. The molecule has 0 unspecified atom stereocenters. The fourth-order valence-electron chi connectivity index (χ4n) is 0.762. The molecule has 0 rings (SSSR count). The lowest BCUT2D eigenvalue weighted by molar-refractivity contribution is 0.462. The Kier molecular flexibility index (Phi) is 5.64. The first kappa shape index (κ1) is 9.92. The van der Waals surface area contributed by atoms with Gasteiger partial charge in [-0.25, -0.2) is 0 Å². The zero-order valence-electron chi connectivity index (χ0n) is 7.35. The van der Waals surface area contributed by atoms with Crippen LogP contribution in [0.15, 0.2) is 0 Å². The third-order valence-corrected chi connectivity index (χ3v) is 1.80. The average Bonchev–Trinajstić information content (AvgIpc) is 1.87. The van der Waals surface area contributed by atoms with Gasteiger partial charge in [-0.15, -0.1) is 0 Å². The molecule has 0 heterocycles. The predicted octanol–water partition coefficient (Wildman–Crippen LogP) is 1.32. The second kappa shape index (κ2) is 5.69. The minimum Gasteiger partial charge on any atom is -0.316 e. The monoisotopic (exact) mass is 144 g/mol. The highest BCUT2D eigenvalue weighted by atomic mass is 15.0. The Hall–Kier alpha value is -0.0800. The SMILES string of the molecule is CC[C@H](C)CCN[C@@H](C)N. The molecule has 0 amide bonds. The summed E-state index contributed by atoms with van der Waals surface area (Å²) in [6.07, 6.45) is 2.64. The second-order valence-corrected chi connectivity index (χ2v) is 3.04. The van der Waals surface area contributed by atoms with Crippen molar-refractivity contribution in [1.29, 1.82) is 0 Å². The van der Waals surface area contributed by atoms with Crippen molar-refractivity contribution < 1.29 is 0 Å². The van der Waals surface area contributed by atoms with Crippen molar-refractivity contribution in [3.63, 3.8) is 0 Å². The van der Waals surface area contributed by atoms with Gasteiger partial charge in [-0.2, -0.15) is 0 Å². The summed E-state index contributed by atoms with van der Waals surface area (Å²) in [5.41, 5.74) is 5.51. The molecule has 3 N–H and O–H groups in total. The summed E-state index contributed by atoms with van der Waals surface area (Å²) in [6, 6.07) is 0. The number of rotatable bonds is 5. The van der Waals surface area contributed by atoms with E-state index >= 15 is 0 Å². The van der Waals surface area contributed by atoms with Crippen LogP contribution >= 0.6 is 0 Å². The lowest BCUT2D eigenvalue weighted by Crippen LogP contribution is -2.35. The van der Waals surface area contributed by atoms with Gasteiger partial charge in [-0.05, 0) is 25.8 Å². The summed E-state index contributed by atoms with van der Waals surface area (Å²) in [5, 5.41) is 3.19. The lowest BCUT2D eigenvalue weighted by Gasteiger charge is -2.11. The molecule has 0 aliphatic heterocycles. The van der Waals surface area contributed by atoms with Crippen molar-refractivity contribution in [1.82, 2.24) is 5.32 Å². The first-order valence-electron chi connectivity index (χ1n) is 4.15. The highest BCUT2D eigenvalue weighted by molar-refractivity contribution is 4.55. The van der Waals surface area contributed by atoms with Crippen LogP contribution in [0.4, 0.5) is 0 Å². The van der Waals surface area contributed by atoms with Crippen molar-refractivity contribution in [2.24, 2.45) is 11.7 Å². The molecule has 10 heavy (non-hydrogen) atoms.